The Morgan fingerprint density at radius 3 is 2.25 bits per heavy atom. The van der Waals surface area contributed by atoms with Gasteiger partial charge in [0.05, 0.1) is 0 Å². The van der Waals surface area contributed by atoms with Gasteiger partial charge in [0, 0.05) is 12.6 Å². The second kappa shape index (κ2) is 7.41. The van der Waals surface area contributed by atoms with Crippen LogP contribution in [-0.4, -0.2) is 37.5 Å². The van der Waals surface area contributed by atoms with Gasteiger partial charge in [0.1, 0.15) is 6.04 Å². The lowest BCUT2D eigenvalue weighted by molar-refractivity contribution is -0.122. The third-order valence-electron chi connectivity index (χ3n) is 3.64. The molecule has 1 amide bonds. The highest BCUT2D eigenvalue weighted by Crippen LogP contribution is 2.12. The van der Waals surface area contributed by atoms with Crippen molar-refractivity contribution in [1.82, 2.24) is 10.2 Å². The number of hydrogen-bond donors (Lipinski definition) is 2. The molecule has 20 heavy (non-hydrogen) atoms. The van der Waals surface area contributed by atoms with E-state index in [9.17, 15) is 4.79 Å². The molecule has 112 valence electrons. The van der Waals surface area contributed by atoms with Crippen LogP contribution in [0.25, 0.3) is 0 Å². The van der Waals surface area contributed by atoms with Crippen molar-refractivity contribution >= 4 is 5.91 Å². The molecule has 2 unspecified atom stereocenters. The molecule has 0 aliphatic heterocycles. The second-order valence-electron chi connectivity index (χ2n) is 5.91. The van der Waals surface area contributed by atoms with Crippen molar-refractivity contribution in [2.45, 2.75) is 32.9 Å². The fourth-order valence-corrected chi connectivity index (χ4v) is 2.25. The predicted molar refractivity (Wildman–Crippen MR) is 83.4 cm³/mol. The van der Waals surface area contributed by atoms with E-state index in [0.717, 1.165) is 11.1 Å². The second-order valence-corrected chi connectivity index (χ2v) is 5.91. The summed E-state index contributed by atoms with van der Waals surface area (Å²) in [5.41, 5.74) is 8.01. The molecule has 0 radical (unpaired) electrons. The Kier molecular flexibility index (Phi) is 6.17. The zero-order valence-corrected chi connectivity index (χ0v) is 13.2. The monoisotopic (exact) mass is 277 g/mol. The minimum Gasteiger partial charge on any atom is -0.353 e. The SMILES string of the molecule is Cc1ccc(C(N)C(=O)NCC(C(C)C)N(C)C)cc1. The van der Waals surface area contributed by atoms with Crippen molar-refractivity contribution < 1.29 is 4.79 Å². The molecule has 0 bridgehead atoms. The number of benzene rings is 1. The van der Waals surface area contributed by atoms with Crippen molar-refractivity contribution in [3.63, 3.8) is 0 Å². The number of amides is 1. The van der Waals surface area contributed by atoms with Crippen LogP contribution in [0.4, 0.5) is 0 Å². The topological polar surface area (TPSA) is 58.4 Å². The number of carbonyl (C=O) groups excluding carboxylic acids is 1. The van der Waals surface area contributed by atoms with Gasteiger partial charge in [-0.2, -0.15) is 0 Å². The van der Waals surface area contributed by atoms with Crippen LogP contribution in [0.15, 0.2) is 24.3 Å². The van der Waals surface area contributed by atoms with Crippen LogP contribution in [0.1, 0.15) is 31.0 Å². The van der Waals surface area contributed by atoms with Crippen LogP contribution in [0.3, 0.4) is 0 Å². The summed E-state index contributed by atoms with van der Waals surface area (Å²) >= 11 is 0. The summed E-state index contributed by atoms with van der Waals surface area (Å²) in [7, 11) is 4.05. The molecule has 1 aromatic rings. The van der Waals surface area contributed by atoms with Crippen LogP contribution in [0.2, 0.25) is 0 Å². The molecule has 3 N–H and O–H groups in total. The van der Waals surface area contributed by atoms with Crippen molar-refractivity contribution in [3.8, 4) is 0 Å². The Balaban J connectivity index is 2.60. The van der Waals surface area contributed by atoms with Gasteiger partial charge in [0.25, 0.3) is 0 Å². The summed E-state index contributed by atoms with van der Waals surface area (Å²) < 4.78 is 0. The molecule has 0 saturated heterocycles. The smallest absolute Gasteiger partial charge is 0.241 e. The van der Waals surface area contributed by atoms with E-state index in [0.29, 0.717) is 18.5 Å². The maximum Gasteiger partial charge on any atom is 0.241 e. The van der Waals surface area contributed by atoms with Crippen LogP contribution in [-0.2, 0) is 4.79 Å². The molecule has 0 spiro atoms. The molecule has 0 aromatic heterocycles. The van der Waals surface area contributed by atoms with Gasteiger partial charge in [-0.1, -0.05) is 43.7 Å². The number of aryl methyl sites for hydroxylation is 1. The first-order valence-corrected chi connectivity index (χ1v) is 7.09. The quantitative estimate of drug-likeness (QED) is 0.832. The summed E-state index contributed by atoms with van der Waals surface area (Å²) in [6.07, 6.45) is 0. The lowest BCUT2D eigenvalue weighted by Crippen LogP contribution is -2.45. The van der Waals surface area contributed by atoms with E-state index in [4.69, 9.17) is 5.73 Å². The molecule has 0 aliphatic carbocycles. The van der Waals surface area contributed by atoms with E-state index in [2.05, 4.69) is 24.1 Å². The van der Waals surface area contributed by atoms with E-state index in [1.807, 2.05) is 45.3 Å². The van der Waals surface area contributed by atoms with Gasteiger partial charge in [0.15, 0.2) is 0 Å². The van der Waals surface area contributed by atoms with Crippen LogP contribution in [0, 0.1) is 12.8 Å². The minimum atomic E-state index is -0.606. The molecule has 0 fully saturated rings. The van der Waals surface area contributed by atoms with Gasteiger partial charge in [-0.25, -0.2) is 0 Å². The molecule has 2 atom stereocenters. The molecule has 1 aromatic carbocycles. The molecule has 4 heteroatoms. The van der Waals surface area contributed by atoms with Crippen molar-refractivity contribution in [1.29, 1.82) is 0 Å². The van der Waals surface area contributed by atoms with Crippen molar-refractivity contribution in [3.05, 3.63) is 35.4 Å². The largest absolute Gasteiger partial charge is 0.353 e. The average molecular weight is 277 g/mol. The number of nitrogens with one attached hydrogen (secondary N) is 1. The number of likely N-dealkylation sites (N-methyl/N-ethyl adjacent to an activating group) is 1. The number of nitrogens with zero attached hydrogens (tertiary/aromatic N) is 1. The van der Waals surface area contributed by atoms with Gasteiger partial charge in [-0.05, 0) is 32.5 Å². The van der Waals surface area contributed by atoms with Gasteiger partial charge < -0.3 is 16.0 Å². The first-order chi connectivity index (χ1) is 9.32. The summed E-state index contributed by atoms with van der Waals surface area (Å²) in [5, 5.41) is 2.95. The first kappa shape index (κ1) is 16.7. The number of rotatable bonds is 6. The minimum absolute atomic E-state index is 0.124. The molecule has 0 saturated carbocycles. The van der Waals surface area contributed by atoms with E-state index in [-0.39, 0.29) is 5.91 Å². The van der Waals surface area contributed by atoms with Crippen molar-refractivity contribution in [2.75, 3.05) is 20.6 Å². The van der Waals surface area contributed by atoms with E-state index >= 15 is 0 Å². The fourth-order valence-electron chi connectivity index (χ4n) is 2.25. The maximum absolute atomic E-state index is 12.1. The fraction of sp³-hybridized carbons (Fsp3) is 0.562. The lowest BCUT2D eigenvalue weighted by Gasteiger charge is -2.28. The Hall–Kier alpha value is -1.39. The highest BCUT2D eigenvalue weighted by molar-refractivity contribution is 5.82. The maximum atomic E-state index is 12.1. The zero-order chi connectivity index (χ0) is 15.3. The standard InChI is InChI=1S/C16H27N3O/c1-11(2)14(19(4)5)10-18-16(20)15(17)13-8-6-12(3)7-9-13/h6-9,11,14-15H,10,17H2,1-5H3,(H,18,20). The Morgan fingerprint density at radius 2 is 1.80 bits per heavy atom. The first-order valence-electron chi connectivity index (χ1n) is 7.09. The van der Waals surface area contributed by atoms with Crippen LogP contribution in [0.5, 0.6) is 0 Å². The Morgan fingerprint density at radius 1 is 1.25 bits per heavy atom. The van der Waals surface area contributed by atoms with E-state index < -0.39 is 6.04 Å². The number of carbonyl (C=O) groups is 1. The van der Waals surface area contributed by atoms with Gasteiger partial charge in [-0.15, -0.1) is 0 Å². The highest BCUT2D eigenvalue weighted by atomic mass is 16.2. The Bertz CT molecular complexity index is 418. The summed E-state index contributed by atoms with van der Waals surface area (Å²) in [6.45, 7) is 6.93. The van der Waals surface area contributed by atoms with E-state index in [1.165, 1.54) is 0 Å². The summed E-state index contributed by atoms with van der Waals surface area (Å²) in [5.74, 6) is 0.349. The Labute approximate surface area is 122 Å². The highest BCUT2D eigenvalue weighted by Gasteiger charge is 2.20. The zero-order valence-electron chi connectivity index (χ0n) is 13.2. The molecule has 1 rings (SSSR count). The van der Waals surface area contributed by atoms with Crippen LogP contribution < -0.4 is 11.1 Å². The summed E-state index contributed by atoms with van der Waals surface area (Å²) in [6, 6.07) is 7.46. The summed E-state index contributed by atoms with van der Waals surface area (Å²) in [4.78, 5) is 14.3. The number of nitrogens with two attached hydrogens (primary N) is 1. The number of hydrogen-bond acceptors (Lipinski definition) is 3. The molecular formula is C16H27N3O. The molecule has 0 aliphatic rings. The third kappa shape index (κ3) is 4.62. The van der Waals surface area contributed by atoms with Crippen molar-refractivity contribution in [2.24, 2.45) is 11.7 Å². The van der Waals surface area contributed by atoms with Gasteiger partial charge in [-0.3, -0.25) is 4.79 Å². The van der Waals surface area contributed by atoms with Gasteiger partial charge in [0.2, 0.25) is 5.91 Å². The predicted octanol–water partition coefficient (Wildman–Crippen LogP) is 1.70. The lowest BCUT2D eigenvalue weighted by atomic mass is 10.0. The molecule has 4 nitrogen and oxygen atoms in total. The van der Waals surface area contributed by atoms with Crippen LogP contribution >= 0.6 is 0 Å². The van der Waals surface area contributed by atoms with E-state index in [1.54, 1.807) is 0 Å². The molecular weight excluding hydrogens is 250 g/mol. The average Bonchev–Trinajstić information content (AvgIpc) is 2.38. The normalized spacial score (nSPS) is 14.4. The molecule has 0 heterocycles. The van der Waals surface area contributed by atoms with Gasteiger partial charge >= 0.3 is 0 Å². The third-order valence-corrected chi connectivity index (χ3v) is 3.64.